The number of nitrogens with one attached hydrogen (secondary N) is 1. The Kier molecular flexibility index (Phi) is 5.83. The highest BCUT2D eigenvalue weighted by Crippen LogP contribution is 2.28. The monoisotopic (exact) mass is 367 g/mol. The minimum Gasteiger partial charge on any atom is -0.352 e. The number of carbonyl (C=O) groups is 1. The van der Waals surface area contributed by atoms with Crippen molar-refractivity contribution in [3.63, 3.8) is 0 Å². The lowest BCUT2D eigenvalue weighted by molar-refractivity contribution is -0.119. The molecule has 0 unspecified atom stereocenters. The number of fused-ring (bicyclic) bond motifs is 1. The fraction of sp³-hybridized carbons (Fsp3) is 0.476. The van der Waals surface area contributed by atoms with Crippen molar-refractivity contribution in [1.29, 1.82) is 5.26 Å². The van der Waals surface area contributed by atoms with Crippen molar-refractivity contribution in [2.45, 2.75) is 57.5 Å². The number of carbonyl (C=O) groups excluding carboxylic acids is 1. The zero-order chi connectivity index (χ0) is 18.7. The maximum atomic E-state index is 12.4. The van der Waals surface area contributed by atoms with Gasteiger partial charge in [-0.25, -0.2) is 4.98 Å². The van der Waals surface area contributed by atoms with Crippen LogP contribution in [0, 0.1) is 31.1 Å². The Labute approximate surface area is 159 Å². The van der Waals surface area contributed by atoms with Crippen LogP contribution in [0.25, 0.3) is 10.9 Å². The summed E-state index contributed by atoms with van der Waals surface area (Å²) >= 11 is 1.35. The molecule has 0 saturated heterocycles. The normalized spacial score (nSPS) is 19.9. The molecule has 1 aliphatic carbocycles. The number of thioether (sulfide) groups is 1. The molecular formula is C21H25N3OS. The van der Waals surface area contributed by atoms with E-state index in [2.05, 4.69) is 25.2 Å². The van der Waals surface area contributed by atoms with Crippen molar-refractivity contribution in [3.05, 3.63) is 34.9 Å². The van der Waals surface area contributed by atoms with Gasteiger partial charge in [0, 0.05) is 11.4 Å². The standard InChI is InChI=1S/C21H25N3OS/c1-13-8-9-16-10-17(11-22)21(24-20(16)15(13)3)26-12-19(25)23-18-7-5-4-6-14(18)2/h8-10,14,18H,4-7,12H2,1-3H3,(H,23,25)/t14-,18+/m0/s1. The number of aryl methyl sites for hydroxylation is 2. The predicted molar refractivity (Wildman–Crippen MR) is 106 cm³/mol. The molecule has 0 spiro atoms. The van der Waals surface area contributed by atoms with Crippen LogP contribution < -0.4 is 5.32 Å². The van der Waals surface area contributed by atoms with Gasteiger partial charge >= 0.3 is 0 Å². The first kappa shape index (κ1) is 18.7. The fourth-order valence-corrected chi connectivity index (χ4v) is 4.34. The quantitative estimate of drug-likeness (QED) is 0.808. The van der Waals surface area contributed by atoms with Gasteiger partial charge in [0.15, 0.2) is 0 Å². The highest BCUT2D eigenvalue weighted by atomic mass is 32.2. The van der Waals surface area contributed by atoms with E-state index in [1.165, 1.54) is 36.6 Å². The molecule has 1 heterocycles. The Bertz CT molecular complexity index is 872. The van der Waals surface area contributed by atoms with Gasteiger partial charge in [-0.2, -0.15) is 5.26 Å². The SMILES string of the molecule is Cc1ccc2cc(C#N)c(SCC(=O)N[C@@H]3CCCC[C@@H]3C)nc2c1C. The van der Waals surface area contributed by atoms with Crippen LogP contribution in [0.3, 0.4) is 0 Å². The van der Waals surface area contributed by atoms with Crippen molar-refractivity contribution < 1.29 is 4.79 Å². The van der Waals surface area contributed by atoms with Crippen molar-refractivity contribution in [2.24, 2.45) is 5.92 Å². The number of hydrogen-bond donors (Lipinski definition) is 1. The first-order valence-electron chi connectivity index (χ1n) is 9.23. The van der Waals surface area contributed by atoms with Gasteiger partial charge in [0.2, 0.25) is 5.91 Å². The van der Waals surface area contributed by atoms with Crippen molar-refractivity contribution in [2.75, 3.05) is 5.75 Å². The van der Waals surface area contributed by atoms with E-state index in [0.29, 0.717) is 22.3 Å². The molecule has 3 rings (SSSR count). The van der Waals surface area contributed by atoms with Gasteiger partial charge in [-0.1, -0.05) is 43.7 Å². The molecule has 1 N–H and O–H groups in total. The van der Waals surface area contributed by atoms with Gasteiger partial charge in [0.25, 0.3) is 0 Å². The van der Waals surface area contributed by atoms with Crippen LogP contribution in [0.4, 0.5) is 0 Å². The van der Waals surface area contributed by atoms with Crippen LogP contribution in [0.15, 0.2) is 23.2 Å². The third-order valence-electron chi connectivity index (χ3n) is 5.39. The van der Waals surface area contributed by atoms with Crippen molar-refractivity contribution in [1.82, 2.24) is 10.3 Å². The second-order valence-electron chi connectivity index (χ2n) is 7.26. The molecule has 0 aliphatic heterocycles. The van der Waals surface area contributed by atoms with Gasteiger partial charge in [-0.3, -0.25) is 4.79 Å². The molecule has 1 fully saturated rings. The number of benzene rings is 1. The molecule has 0 radical (unpaired) electrons. The average Bonchev–Trinajstić information content (AvgIpc) is 2.64. The lowest BCUT2D eigenvalue weighted by atomic mass is 9.86. The third-order valence-corrected chi connectivity index (χ3v) is 6.39. The summed E-state index contributed by atoms with van der Waals surface area (Å²) in [5.74, 6) is 0.860. The summed E-state index contributed by atoms with van der Waals surface area (Å²) in [6.45, 7) is 6.31. The van der Waals surface area contributed by atoms with Crippen molar-refractivity contribution in [3.8, 4) is 6.07 Å². The summed E-state index contributed by atoms with van der Waals surface area (Å²) in [5, 5.41) is 14.2. The Morgan fingerprint density at radius 2 is 2.12 bits per heavy atom. The number of pyridine rings is 1. The van der Waals surface area contributed by atoms with E-state index in [1.807, 2.05) is 25.1 Å². The van der Waals surface area contributed by atoms with E-state index in [-0.39, 0.29) is 11.9 Å². The van der Waals surface area contributed by atoms with Gasteiger partial charge in [-0.05, 0) is 49.8 Å². The zero-order valence-electron chi connectivity index (χ0n) is 15.6. The summed E-state index contributed by atoms with van der Waals surface area (Å²) in [6.07, 6.45) is 4.69. The maximum absolute atomic E-state index is 12.4. The molecule has 1 aromatic carbocycles. The number of nitriles is 1. The lowest BCUT2D eigenvalue weighted by Crippen LogP contribution is -2.41. The topological polar surface area (TPSA) is 65.8 Å². The first-order valence-corrected chi connectivity index (χ1v) is 10.2. The lowest BCUT2D eigenvalue weighted by Gasteiger charge is -2.29. The van der Waals surface area contributed by atoms with E-state index in [1.54, 1.807) is 0 Å². The summed E-state index contributed by atoms with van der Waals surface area (Å²) in [4.78, 5) is 17.1. The molecule has 4 nitrogen and oxygen atoms in total. The minimum absolute atomic E-state index is 0.0282. The molecular weight excluding hydrogens is 342 g/mol. The maximum Gasteiger partial charge on any atom is 0.230 e. The van der Waals surface area contributed by atoms with E-state index in [9.17, 15) is 10.1 Å². The van der Waals surface area contributed by atoms with Crippen LogP contribution in [0.1, 0.15) is 49.3 Å². The third kappa shape index (κ3) is 4.02. The molecule has 1 aliphatic rings. The van der Waals surface area contributed by atoms with Crippen LogP contribution in [-0.2, 0) is 4.79 Å². The Morgan fingerprint density at radius 3 is 2.85 bits per heavy atom. The number of hydrogen-bond acceptors (Lipinski definition) is 4. The Morgan fingerprint density at radius 1 is 1.35 bits per heavy atom. The highest BCUT2D eigenvalue weighted by molar-refractivity contribution is 8.00. The fourth-order valence-electron chi connectivity index (χ4n) is 3.57. The van der Waals surface area contributed by atoms with Crippen molar-refractivity contribution >= 4 is 28.6 Å². The second-order valence-corrected chi connectivity index (χ2v) is 8.22. The molecule has 136 valence electrons. The van der Waals surface area contributed by atoms with E-state index in [0.717, 1.165) is 22.9 Å². The highest BCUT2D eigenvalue weighted by Gasteiger charge is 2.23. The Balaban J connectivity index is 1.74. The number of aromatic nitrogens is 1. The first-order chi connectivity index (χ1) is 12.5. The van der Waals surface area contributed by atoms with E-state index < -0.39 is 0 Å². The average molecular weight is 368 g/mol. The van der Waals surface area contributed by atoms with Gasteiger partial charge in [0.05, 0.1) is 16.8 Å². The van der Waals surface area contributed by atoms with Crippen LogP contribution in [-0.4, -0.2) is 22.7 Å². The molecule has 1 aromatic heterocycles. The van der Waals surface area contributed by atoms with Gasteiger partial charge in [-0.15, -0.1) is 0 Å². The summed E-state index contributed by atoms with van der Waals surface area (Å²) in [7, 11) is 0. The predicted octanol–water partition coefficient (Wildman–Crippen LogP) is 4.51. The summed E-state index contributed by atoms with van der Waals surface area (Å²) in [5.41, 5.74) is 3.74. The van der Waals surface area contributed by atoms with Crippen LogP contribution >= 0.6 is 11.8 Å². The molecule has 1 amide bonds. The molecule has 2 atom stereocenters. The van der Waals surface area contributed by atoms with Crippen LogP contribution in [0.5, 0.6) is 0 Å². The molecule has 2 aromatic rings. The molecule has 26 heavy (non-hydrogen) atoms. The van der Waals surface area contributed by atoms with E-state index >= 15 is 0 Å². The number of amides is 1. The molecule has 5 heteroatoms. The van der Waals surface area contributed by atoms with Crippen LogP contribution in [0.2, 0.25) is 0 Å². The molecule has 0 bridgehead atoms. The largest absolute Gasteiger partial charge is 0.352 e. The summed E-state index contributed by atoms with van der Waals surface area (Å²) < 4.78 is 0. The number of nitrogens with zero attached hydrogens (tertiary/aromatic N) is 2. The Hall–Kier alpha value is -2.06. The zero-order valence-corrected chi connectivity index (χ0v) is 16.4. The van der Waals surface area contributed by atoms with Gasteiger partial charge in [0.1, 0.15) is 11.1 Å². The minimum atomic E-state index is 0.0282. The van der Waals surface area contributed by atoms with E-state index in [4.69, 9.17) is 4.98 Å². The molecule has 1 saturated carbocycles. The second kappa shape index (κ2) is 8.09. The number of rotatable bonds is 4. The summed E-state index contributed by atoms with van der Waals surface area (Å²) in [6, 6.07) is 8.42. The smallest absolute Gasteiger partial charge is 0.230 e. The van der Waals surface area contributed by atoms with Gasteiger partial charge < -0.3 is 5.32 Å².